The zero-order valence-corrected chi connectivity index (χ0v) is 17.1. The largest absolute Gasteiger partial charge is 0.384 e. The Balaban J connectivity index is 2.31. The predicted octanol–water partition coefficient (Wildman–Crippen LogP) is 1.80. The van der Waals surface area contributed by atoms with Crippen LogP contribution in [0, 0.1) is 28.6 Å². The van der Waals surface area contributed by atoms with Gasteiger partial charge >= 0.3 is 5.69 Å². The van der Waals surface area contributed by atoms with E-state index in [1.165, 1.54) is 24.3 Å². The van der Waals surface area contributed by atoms with E-state index >= 15 is 0 Å². The Morgan fingerprint density at radius 2 is 1.78 bits per heavy atom. The summed E-state index contributed by atoms with van der Waals surface area (Å²) < 4.78 is 14.7. The van der Waals surface area contributed by atoms with Crippen LogP contribution >= 0.6 is 0 Å². The Morgan fingerprint density at radius 3 is 2.31 bits per heavy atom. The molecular formula is C22H17FN6O3. The van der Waals surface area contributed by atoms with Gasteiger partial charge in [0.15, 0.2) is 0 Å². The molecule has 0 atom stereocenters. The second-order valence-corrected chi connectivity index (χ2v) is 7.34. The molecule has 0 saturated carbocycles. The number of nitrogen functional groups attached to an aromatic ring is 1. The summed E-state index contributed by atoms with van der Waals surface area (Å²) in [6.45, 7) is 3.07. The SMILES string of the molecule is CC(C)c1c(C(=O)c2cc(C#N)cc(C#N)c2)n(Cc2cc(N)nc(F)c2)c(=O)[nH]c1=O. The highest BCUT2D eigenvalue weighted by molar-refractivity contribution is 6.09. The van der Waals surface area contributed by atoms with E-state index in [1.54, 1.807) is 13.8 Å². The Bertz CT molecular complexity index is 1390. The van der Waals surface area contributed by atoms with E-state index in [1.807, 2.05) is 12.1 Å². The first-order chi connectivity index (χ1) is 15.1. The van der Waals surface area contributed by atoms with Gasteiger partial charge in [-0.05, 0) is 41.8 Å². The average molecular weight is 432 g/mol. The van der Waals surface area contributed by atoms with E-state index in [2.05, 4.69) is 9.97 Å². The van der Waals surface area contributed by atoms with Crippen LogP contribution in [0.4, 0.5) is 10.2 Å². The molecule has 0 aliphatic heterocycles. The summed E-state index contributed by atoms with van der Waals surface area (Å²) in [6, 6.07) is 10.00. The summed E-state index contributed by atoms with van der Waals surface area (Å²) in [7, 11) is 0. The zero-order valence-electron chi connectivity index (χ0n) is 17.1. The second kappa shape index (κ2) is 8.66. The summed E-state index contributed by atoms with van der Waals surface area (Å²) in [5, 5.41) is 18.5. The van der Waals surface area contributed by atoms with Crippen molar-refractivity contribution in [1.29, 1.82) is 10.5 Å². The first-order valence-electron chi connectivity index (χ1n) is 9.43. The average Bonchev–Trinajstić information content (AvgIpc) is 2.73. The fraction of sp³-hybridized carbons (Fsp3) is 0.182. The minimum absolute atomic E-state index is 0.0398. The van der Waals surface area contributed by atoms with E-state index in [0.29, 0.717) is 0 Å². The van der Waals surface area contributed by atoms with Crippen molar-refractivity contribution in [1.82, 2.24) is 14.5 Å². The molecule has 0 aliphatic rings. The molecule has 0 bridgehead atoms. The van der Waals surface area contributed by atoms with Crippen molar-refractivity contribution < 1.29 is 9.18 Å². The molecule has 0 spiro atoms. The van der Waals surface area contributed by atoms with Crippen LogP contribution in [0.15, 0.2) is 39.9 Å². The van der Waals surface area contributed by atoms with Crippen LogP contribution in [0.1, 0.15) is 58.1 Å². The van der Waals surface area contributed by atoms with Crippen molar-refractivity contribution >= 4 is 11.6 Å². The number of nitriles is 2. The smallest absolute Gasteiger partial charge is 0.329 e. The van der Waals surface area contributed by atoms with Gasteiger partial charge in [0.05, 0.1) is 29.8 Å². The number of carbonyl (C=O) groups is 1. The molecule has 10 heteroatoms. The number of carbonyl (C=O) groups excluding carboxylic acids is 1. The van der Waals surface area contributed by atoms with Crippen LogP contribution in [0.25, 0.3) is 0 Å². The minimum atomic E-state index is -0.879. The number of aromatic amines is 1. The van der Waals surface area contributed by atoms with Gasteiger partial charge in [0, 0.05) is 11.1 Å². The second-order valence-electron chi connectivity index (χ2n) is 7.34. The van der Waals surface area contributed by atoms with Crippen LogP contribution in [-0.2, 0) is 6.54 Å². The Labute approximate surface area is 181 Å². The number of ketones is 1. The van der Waals surface area contributed by atoms with Gasteiger partial charge in [0.2, 0.25) is 11.7 Å². The molecule has 32 heavy (non-hydrogen) atoms. The van der Waals surface area contributed by atoms with Crippen LogP contribution in [0.5, 0.6) is 0 Å². The number of H-pyrrole nitrogens is 1. The molecule has 0 unspecified atom stereocenters. The zero-order chi connectivity index (χ0) is 23.6. The Hall–Kier alpha value is -4.57. The first kappa shape index (κ1) is 22.1. The molecule has 160 valence electrons. The molecule has 0 amide bonds. The third kappa shape index (κ3) is 4.30. The molecule has 1 aromatic carbocycles. The molecule has 0 aliphatic carbocycles. The quantitative estimate of drug-likeness (QED) is 0.459. The number of hydrogen-bond donors (Lipinski definition) is 2. The highest BCUT2D eigenvalue weighted by Gasteiger charge is 2.25. The molecule has 3 aromatic rings. The van der Waals surface area contributed by atoms with Gasteiger partial charge in [-0.15, -0.1) is 0 Å². The third-order valence-corrected chi connectivity index (χ3v) is 4.70. The highest BCUT2D eigenvalue weighted by atomic mass is 19.1. The van der Waals surface area contributed by atoms with Gasteiger partial charge in [-0.1, -0.05) is 13.8 Å². The lowest BCUT2D eigenvalue weighted by atomic mass is 9.95. The molecule has 2 heterocycles. The number of nitrogens with zero attached hydrogens (tertiary/aromatic N) is 4. The Morgan fingerprint density at radius 1 is 1.16 bits per heavy atom. The van der Waals surface area contributed by atoms with Crippen LogP contribution in [-0.4, -0.2) is 20.3 Å². The third-order valence-electron chi connectivity index (χ3n) is 4.70. The van der Waals surface area contributed by atoms with Gasteiger partial charge in [-0.2, -0.15) is 14.9 Å². The number of nitrogens with two attached hydrogens (primary N) is 1. The first-order valence-corrected chi connectivity index (χ1v) is 9.43. The van der Waals surface area contributed by atoms with E-state index in [-0.39, 0.29) is 45.9 Å². The summed E-state index contributed by atoms with van der Waals surface area (Å²) in [4.78, 5) is 44.4. The number of benzene rings is 1. The number of hydrogen-bond acceptors (Lipinski definition) is 7. The van der Waals surface area contributed by atoms with Crippen molar-refractivity contribution in [2.75, 3.05) is 5.73 Å². The summed E-state index contributed by atoms with van der Waals surface area (Å²) in [5.41, 5.74) is 4.14. The lowest BCUT2D eigenvalue weighted by Gasteiger charge is -2.18. The van der Waals surface area contributed by atoms with Gasteiger partial charge in [-0.3, -0.25) is 19.1 Å². The Kier molecular flexibility index (Phi) is 5.99. The fourth-order valence-corrected chi connectivity index (χ4v) is 3.39. The van der Waals surface area contributed by atoms with Gasteiger partial charge in [0.1, 0.15) is 11.5 Å². The molecule has 3 rings (SSSR count). The van der Waals surface area contributed by atoms with Gasteiger partial charge < -0.3 is 5.73 Å². The number of pyridine rings is 1. The lowest BCUT2D eigenvalue weighted by molar-refractivity contribution is 0.102. The van der Waals surface area contributed by atoms with Gasteiger partial charge in [-0.25, -0.2) is 9.78 Å². The van der Waals surface area contributed by atoms with E-state index in [0.717, 1.165) is 10.6 Å². The predicted molar refractivity (Wildman–Crippen MR) is 112 cm³/mol. The van der Waals surface area contributed by atoms with E-state index in [9.17, 15) is 29.3 Å². The van der Waals surface area contributed by atoms with Crippen molar-refractivity contribution in [3.05, 3.63) is 90.6 Å². The fourth-order valence-electron chi connectivity index (χ4n) is 3.39. The molecule has 0 fully saturated rings. The van der Waals surface area contributed by atoms with Crippen molar-refractivity contribution in [3.8, 4) is 12.1 Å². The molecule has 0 saturated heterocycles. The van der Waals surface area contributed by atoms with Crippen molar-refractivity contribution in [3.63, 3.8) is 0 Å². The summed E-state index contributed by atoms with van der Waals surface area (Å²) in [5.74, 6) is -2.17. The van der Waals surface area contributed by atoms with Crippen LogP contribution in [0.3, 0.4) is 0 Å². The van der Waals surface area contributed by atoms with Gasteiger partial charge in [0.25, 0.3) is 5.56 Å². The lowest BCUT2D eigenvalue weighted by Crippen LogP contribution is -2.38. The van der Waals surface area contributed by atoms with E-state index < -0.39 is 28.9 Å². The highest BCUT2D eigenvalue weighted by Crippen LogP contribution is 2.21. The molecule has 3 N–H and O–H groups in total. The maximum Gasteiger partial charge on any atom is 0.329 e. The molecular weight excluding hydrogens is 415 g/mol. The summed E-state index contributed by atoms with van der Waals surface area (Å²) >= 11 is 0. The number of rotatable bonds is 5. The maximum atomic E-state index is 13.7. The standard InChI is InChI=1S/C22H17FN6O3/c1-11(2)18-19(20(30)15-4-12(8-24)3-13(5-15)9-25)29(22(32)28-21(18)31)10-14-6-16(23)27-17(26)7-14/h3-7,11H,10H2,1-2H3,(H2,26,27)(H,28,31,32). The number of nitrogens with one attached hydrogen (secondary N) is 1. The molecule has 9 nitrogen and oxygen atoms in total. The van der Waals surface area contributed by atoms with E-state index in [4.69, 9.17) is 5.73 Å². The normalized spacial score (nSPS) is 10.6. The van der Waals surface area contributed by atoms with Crippen LogP contribution in [0.2, 0.25) is 0 Å². The maximum absolute atomic E-state index is 13.7. The minimum Gasteiger partial charge on any atom is -0.384 e. The van der Waals surface area contributed by atoms with Crippen molar-refractivity contribution in [2.24, 2.45) is 0 Å². The topological polar surface area (TPSA) is 158 Å². The monoisotopic (exact) mass is 432 g/mol. The number of aromatic nitrogens is 3. The summed E-state index contributed by atoms with van der Waals surface area (Å²) in [6.07, 6.45) is 0. The van der Waals surface area contributed by atoms with Crippen molar-refractivity contribution in [2.45, 2.75) is 26.3 Å². The molecule has 2 aromatic heterocycles. The number of anilines is 1. The van der Waals surface area contributed by atoms with Crippen LogP contribution < -0.4 is 17.0 Å². The molecule has 0 radical (unpaired) electrons. The number of halogens is 1.